The molecule has 37 heavy (non-hydrogen) atoms. The molecule has 0 radical (unpaired) electrons. The zero-order chi connectivity index (χ0) is 26.4. The van der Waals surface area contributed by atoms with Crippen LogP contribution in [-0.4, -0.2) is 34.6 Å². The van der Waals surface area contributed by atoms with Crippen LogP contribution in [0.25, 0.3) is 10.9 Å². The van der Waals surface area contributed by atoms with Crippen molar-refractivity contribution in [1.29, 1.82) is 0 Å². The fraction of sp³-hybridized carbons (Fsp3) is 0.214. The van der Waals surface area contributed by atoms with Crippen LogP contribution in [-0.2, 0) is 28.8 Å². The van der Waals surface area contributed by atoms with Gasteiger partial charge in [0.05, 0.1) is 12.0 Å². The lowest BCUT2D eigenvalue weighted by atomic mass is 10.1. The molecule has 3 aromatic carbocycles. The van der Waals surface area contributed by atoms with Crippen LogP contribution in [0.2, 0.25) is 0 Å². The summed E-state index contributed by atoms with van der Waals surface area (Å²) in [4.78, 5) is 16.4. The van der Waals surface area contributed by atoms with Crippen molar-refractivity contribution >= 4 is 22.6 Å². The van der Waals surface area contributed by atoms with Gasteiger partial charge in [-0.25, -0.2) is 0 Å². The molecule has 0 saturated heterocycles. The number of aliphatic carboxylic acids is 1. The lowest BCUT2D eigenvalue weighted by molar-refractivity contribution is -0.138. The number of oxime groups is 1. The number of fused-ring (bicyclic) bond motifs is 1. The number of halogens is 3. The van der Waals surface area contributed by atoms with Gasteiger partial charge in [0.25, 0.3) is 0 Å². The van der Waals surface area contributed by atoms with Crippen LogP contribution < -0.4 is 4.74 Å². The number of carbonyl (C=O) groups is 1. The molecule has 0 aliphatic heterocycles. The minimum atomic E-state index is -4.39. The molecule has 0 saturated carbocycles. The number of rotatable bonds is 10. The highest BCUT2D eigenvalue weighted by Gasteiger charge is 2.30. The zero-order valence-corrected chi connectivity index (χ0v) is 20.0. The van der Waals surface area contributed by atoms with Crippen LogP contribution >= 0.6 is 0 Å². The Hall–Kier alpha value is -4.27. The normalized spacial score (nSPS) is 12.1. The van der Waals surface area contributed by atoms with Gasteiger partial charge in [0.15, 0.2) is 0 Å². The first-order valence-electron chi connectivity index (χ1n) is 11.6. The van der Waals surface area contributed by atoms with Gasteiger partial charge >= 0.3 is 12.1 Å². The van der Waals surface area contributed by atoms with E-state index in [4.69, 9.17) is 14.7 Å². The first-order valence-corrected chi connectivity index (χ1v) is 11.6. The maximum Gasteiger partial charge on any atom is 0.416 e. The third-order valence-corrected chi connectivity index (χ3v) is 5.67. The predicted octanol–water partition coefficient (Wildman–Crippen LogP) is 6.16. The lowest BCUT2D eigenvalue weighted by Gasteiger charge is -2.10. The van der Waals surface area contributed by atoms with Crippen LogP contribution in [0.5, 0.6) is 5.75 Å². The Morgan fingerprint density at radius 1 is 1.00 bits per heavy atom. The van der Waals surface area contributed by atoms with E-state index in [2.05, 4.69) is 5.16 Å². The standard InChI is InChI=1S/C28H25F3N2O4/c1-2-37-32-25(18-36-22-7-5-6-20(14-22)15-27(34)35)24-17-33(26-9-4-3-8-23(24)26)16-19-10-12-21(13-11-19)28(29,30)31/h3-14,17H,2,15-16,18H2,1H3,(H,34,35)/b32-25+. The van der Waals surface area contributed by atoms with Gasteiger partial charge < -0.3 is 19.2 Å². The van der Waals surface area contributed by atoms with Gasteiger partial charge in [0.1, 0.15) is 24.7 Å². The summed E-state index contributed by atoms with van der Waals surface area (Å²) < 4.78 is 46.8. The lowest BCUT2D eigenvalue weighted by Crippen LogP contribution is -2.14. The third-order valence-electron chi connectivity index (χ3n) is 5.67. The molecule has 1 aromatic heterocycles. The molecular weight excluding hydrogens is 485 g/mol. The largest absolute Gasteiger partial charge is 0.487 e. The summed E-state index contributed by atoms with van der Waals surface area (Å²) in [7, 11) is 0. The molecule has 0 aliphatic carbocycles. The molecule has 0 amide bonds. The van der Waals surface area contributed by atoms with Gasteiger partial charge in [-0.2, -0.15) is 13.2 Å². The number of hydrogen-bond donors (Lipinski definition) is 1. The highest BCUT2D eigenvalue weighted by molar-refractivity contribution is 6.11. The van der Waals surface area contributed by atoms with Crippen molar-refractivity contribution in [2.75, 3.05) is 13.2 Å². The van der Waals surface area contributed by atoms with Gasteiger partial charge in [-0.1, -0.05) is 47.6 Å². The average molecular weight is 511 g/mol. The number of carboxylic acid groups (broad SMARTS) is 1. The Morgan fingerprint density at radius 2 is 1.76 bits per heavy atom. The molecule has 0 aliphatic rings. The fourth-order valence-electron chi connectivity index (χ4n) is 3.97. The van der Waals surface area contributed by atoms with Gasteiger partial charge in [0, 0.05) is 29.2 Å². The quantitative estimate of drug-likeness (QED) is 0.205. The maximum absolute atomic E-state index is 13.0. The molecule has 1 N–H and O–H groups in total. The monoisotopic (exact) mass is 510 g/mol. The van der Waals surface area contributed by atoms with Crippen molar-refractivity contribution in [3.8, 4) is 5.75 Å². The van der Waals surface area contributed by atoms with E-state index in [-0.39, 0.29) is 13.0 Å². The predicted molar refractivity (Wildman–Crippen MR) is 134 cm³/mol. The SMILES string of the molecule is CCO/N=C(\COc1cccc(CC(=O)O)c1)c1cn(Cc2ccc(C(F)(F)F)cc2)c2ccccc12. The second kappa shape index (κ2) is 11.2. The fourth-order valence-corrected chi connectivity index (χ4v) is 3.97. The molecule has 6 nitrogen and oxygen atoms in total. The number of hydrogen-bond acceptors (Lipinski definition) is 4. The summed E-state index contributed by atoms with van der Waals surface area (Å²) in [6.45, 7) is 2.58. The summed E-state index contributed by atoms with van der Waals surface area (Å²) in [5, 5.41) is 14.2. The summed E-state index contributed by atoms with van der Waals surface area (Å²) in [6, 6.07) is 19.6. The van der Waals surface area contributed by atoms with Gasteiger partial charge in [0.2, 0.25) is 0 Å². The van der Waals surface area contributed by atoms with E-state index in [1.165, 1.54) is 12.1 Å². The van der Waals surface area contributed by atoms with E-state index in [1.54, 1.807) is 24.3 Å². The number of aromatic nitrogens is 1. The molecule has 0 atom stereocenters. The molecule has 1 heterocycles. The van der Waals surface area contributed by atoms with E-state index in [0.29, 0.717) is 30.2 Å². The maximum atomic E-state index is 13.0. The summed E-state index contributed by atoms with van der Waals surface area (Å²) >= 11 is 0. The topological polar surface area (TPSA) is 73.1 Å². The third kappa shape index (κ3) is 6.49. The highest BCUT2D eigenvalue weighted by Crippen LogP contribution is 2.30. The van der Waals surface area contributed by atoms with Crippen molar-refractivity contribution in [2.24, 2.45) is 5.16 Å². The van der Waals surface area contributed by atoms with Gasteiger partial charge in [-0.3, -0.25) is 4.79 Å². The number of para-hydroxylation sites is 1. The van der Waals surface area contributed by atoms with E-state index in [1.807, 2.05) is 42.0 Å². The Bertz CT molecular complexity index is 1410. The molecule has 9 heteroatoms. The molecule has 0 spiro atoms. The second-order valence-corrected chi connectivity index (χ2v) is 8.34. The first kappa shape index (κ1) is 25.8. The molecule has 4 rings (SSSR count). The van der Waals surface area contributed by atoms with E-state index < -0.39 is 17.7 Å². The summed E-state index contributed by atoms with van der Waals surface area (Å²) in [5.41, 5.74) is 2.80. The Morgan fingerprint density at radius 3 is 2.46 bits per heavy atom. The van der Waals surface area contributed by atoms with Crippen molar-refractivity contribution < 1.29 is 32.6 Å². The minimum Gasteiger partial charge on any atom is -0.487 e. The van der Waals surface area contributed by atoms with Crippen molar-refractivity contribution in [2.45, 2.75) is 26.1 Å². The molecule has 0 fully saturated rings. The van der Waals surface area contributed by atoms with Crippen molar-refractivity contribution in [3.05, 3.63) is 101 Å². The summed E-state index contributed by atoms with van der Waals surface area (Å²) in [5.74, 6) is -0.437. The summed E-state index contributed by atoms with van der Waals surface area (Å²) in [6.07, 6.45) is -2.62. The highest BCUT2D eigenvalue weighted by atomic mass is 19.4. The molecule has 4 aromatic rings. The Kier molecular flexibility index (Phi) is 7.81. The Labute approximate surface area is 211 Å². The number of nitrogens with zero attached hydrogens (tertiary/aromatic N) is 2. The zero-order valence-electron chi connectivity index (χ0n) is 20.0. The van der Waals surface area contributed by atoms with E-state index in [0.717, 1.165) is 34.2 Å². The number of benzene rings is 3. The molecule has 0 unspecified atom stereocenters. The van der Waals surface area contributed by atoms with Crippen LogP contribution in [0.3, 0.4) is 0 Å². The average Bonchev–Trinajstić information content (AvgIpc) is 3.22. The van der Waals surface area contributed by atoms with Crippen LogP contribution in [0.4, 0.5) is 13.2 Å². The molecule has 0 bridgehead atoms. The van der Waals surface area contributed by atoms with Crippen molar-refractivity contribution in [3.63, 3.8) is 0 Å². The van der Waals surface area contributed by atoms with E-state index in [9.17, 15) is 18.0 Å². The van der Waals surface area contributed by atoms with E-state index >= 15 is 0 Å². The molecular formula is C28H25F3N2O4. The molecule has 192 valence electrons. The van der Waals surface area contributed by atoms with Crippen molar-refractivity contribution in [1.82, 2.24) is 4.57 Å². The minimum absolute atomic E-state index is 0.0603. The Balaban J connectivity index is 1.62. The van der Waals surface area contributed by atoms with Gasteiger partial charge in [-0.15, -0.1) is 0 Å². The van der Waals surface area contributed by atoms with Crippen LogP contribution in [0, 0.1) is 0 Å². The smallest absolute Gasteiger partial charge is 0.416 e. The van der Waals surface area contributed by atoms with Crippen LogP contribution in [0.15, 0.2) is 84.1 Å². The van der Waals surface area contributed by atoms with Crippen LogP contribution in [0.1, 0.15) is 29.2 Å². The second-order valence-electron chi connectivity index (χ2n) is 8.34. The number of alkyl halides is 3. The number of carboxylic acids is 1. The first-order chi connectivity index (χ1) is 17.7. The van der Waals surface area contributed by atoms with Gasteiger partial charge in [-0.05, 0) is 48.4 Å². The number of ether oxygens (including phenoxy) is 1.